The lowest BCUT2D eigenvalue weighted by Gasteiger charge is -2.37. The van der Waals surface area contributed by atoms with Gasteiger partial charge in [-0.3, -0.25) is 14.9 Å². The summed E-state index contributed by atoms with van der Waals surface area (Å²) in [4.78, 5) is 20.4. The van der Waals surface area contributed by atoms with Crippen molar-refractivity contribution in [1.29, 1.82) is 0 Å². The van der Waals surface area contributed by atoms with Crippen LogP contribution in [-0.4, -0.2) is 38.6 Å². The summed E-state index contributed by atoms with van der Waals surface area (Å²) in [5.41, 5.74) is 0.326. The number of halogens is 2. The fourth-order valence-corrected chi connectivity index (χ4v) is 5.95. The number of pyridine rings is 1. The molecule has 150 valence electrons. The molecule has 0 spiro atoms. The van der Waals surface area contributed by atoms with Crippen molar-refractivity contribution in [2.24, 2.45) is 5.92 Å². The van der Waals surface area contributed by atoms with Crippen molar-refractivity contribution >= 4 is 28.8 Å². The number of aromatic amines is 1. The number of piperidine rings is 1. The normalized spacial score (nSPS) is 26.5. The molecule has 1 saturated heterocycles. The Hall–Kier alpha value is -2.25. The quantitative estimate of drug-likeness (QED) is 0.631. The first-order valence-electron chi connectivity index (χ1n) is 9.74. The van der Waals surface area contributed by atoms with Gasteiger partial charge in [0, 0.05) is 47.2 Å². The van der Waals surface area contributed by atoms with Crippen molar-refractivity contribution in [3.05, 3.63) is 58.4 Å². The lowest BCUT2D eigenvalue weighted by Crippen LogP contribution is -2.46. The van der Waals surface area contributed by atoms with Gasteiger partial charge in [0.25, 0.3) is 5.91 Å². The zero-order chi connectivity index (χ0) is 20.0. The minimum absolute atomic E-state index is 0.0259. The van der Waals surface area contributed by atoms with Gasteiger partial charge in [0.2, 0.25) is 0 Å². The van der Waals surface area contributed by atoms with Gasteiger partial charge in [-0.2, -0.15) is 5.10 Å². The van der Waals surface area contributed by atoms with Gasteiger partial charge in [0.15, 0.2) is 5.67 Å². The van der Waals surface area contributed by atoms with E-state index in [1.165, 1.54) is 11.3 Å². The van der Waals surface area contributed by atoms with Crippen LogP contribution in [0.1, 0.15) is 41.7 Å². The van der Waals surface area contributed by atoms with Crippen LogP contribution in [0.2, 0.25) is 5.02 Å². The molecule has 0 aromatic carbocycles. The summed E-state index contributed by atoms with van der Waals surface area (Å²) < 4.78 is 15.9. The zero-order valence-corrected chi connectivity index (χ0v) is 17.2. The van der Waals surface area contributed by atoms with E-state index in [0.717, 1.165) is 23.3 Å². The highest BCUT2D eigenvalue weighted by atomic mass is 35.5. The predicted molar refractivity (Wildman–Crippen MR) is 111 cm³/mol. The number of thiophene rings is 1. The second-order valence-electron chi connectivity index (χ2n) is 7.86. The summed E-state index contributed by atoms with van der Waals surface area (Å²) >= 11 is 7.76. The number of carbonyl (C=O) groups excluding carboxylic acids is 1. The first kappa shape index (κ1) is 18.8. The Morgan fingerprint density at radius 1 is 1.41 bits per heavy atom. The number of aromatic nitrogens is 3. The fraction of sp³-hybridized carbons (Fsp3) is 0.381. The zero-order valence-electron chi connectivity index (χ0n) is 15.6. The largest absolute Gasteiger partial charge is 0.335 e. The van der Waals surface area contributed by atoms with Crippen molar-refractivity contribution in [2.45, 2.75) is 37.4 Å². The molecule has 0 bridgehead atoms. The Balaban J connectivity index is 1.40. The van der Waals surface area contributed by atoms with E-state index < -0.39 is 5.67 Å². The first-order chi connectivity index (χ1) is 14.0. The van der Waals surface area contributed by atoms with Crippen molar-refractivity contribution in [3.63, 3.8) is 0 Å². The molecular formula is C21H20ClFN4OS. The molecule has 3 aromatic rings. The molecular weight excluding hydrogens is 411 g/mol. The maximum atomic E-state index is 15.9. The third kappa shape index (κ3) is 3.26. The van der Waals surface area contributed by atoms with Crippen LogP contribution in [0, 0.1) is 5.92 Å². The number of H-pyrrole nitrogens is 1. The summed E-state index contributed by atoms with van der Waals surface area (Å²) in [6, 6.07) is 5.16. The maximum absolute atomic E-state index is 15.9. The smallest absolute Gasteiger partial charge is 0.254 e. The third-order valence-corrected chi connectivity index (χ3v) is 7.39. The number of hydrogen-bond donors (Lipinski definition) is 1. The monoisotopic (exact) mass is 430 g/mol. The standard InChI is InChI=1S/C21H20ClFN4OS/c22-16-4-1-5-24-19(16)21(23)8-13-3-2-6-27(17(13)9-21)20(28)14-7-18(29-12-14)15-10-25-26-11-15/h1,4-5,7,10-13,17H,2-3,6,8-9H2,(H,25,26). The van der Waals surface area contributed by atoms with E-state index >= 15 is 4.39 Å². The van der Waals surface area contributed by atoms with E-state index in [9.17, 15) is 4.79 Å². The van der Waals surface area contributed by atoms with Crippen LogP contribution in [0.3, 0.4) is 0 Å². The molecule has 1 amide bonds. The number of alkyl halides is 1. The van der Waals surface area contributed by atoms with Crippen LogP contribution in [0.5, 0.6) is 0 Å². The summed E-state index contributed by atoms with van der Waals surface area (Å²) in [6.45, 7) is 0.656. The molecule has 4 heterocycles. The van der Waals surface area contributed by atoms with E-state index in [0.29, 0.717) is 29.2 Å². The predicted octanol–water partition coefficient (Wildman–Crippen LogP) is 5.07. The average Bonchev–Trinajstić information content (AvgIpc) is 3.46. The van der Waals surface area contributed by atoms with Gasteiger partial charge in [-0.1, -0.05) is 11.6 Å². The summed E-state index contributed by atoms with van der Waals surface area (Å²) in [7, 11) is 0. The number of nitrogens with one attached hydrogen (secondary N) is 1. The van der Waals surface area contributed by atoms with Gasteiger partial charge < -0.3 is 4.90 Å². The maximum Gasteiger partial charge on any atom is 0.254 e. The number of rotatable bonds is 3. The lowest BCUT2D eigenvalue weighted by atomic mass is 9.91. The van der Waals surface area contributed by atoms with E-state index in [2.05, 4.69) is 15.2 Å². The molecule has 0 radical (unpaired) electrons. The average molecular weight is 431 g/mol. The van der Waals surface area contributed by atoms with Crippen LogP contribution in [0.4, 0.5) is 4.39 Å². The second-order valence-corrected chi connectivity index (χ2v) is 9.18. The molecule has 8 heteroatoms. The van der Waals surface area contributed by atoms with Gasteiger partial charge in [-0.15, -0.1) is 11.3 Å². The molecule has 1 saturated carbocycles. The second kappa shape index (κ2) is 7.22. The van der Waals surface area contributed by atoms with Crippen molar-refractivity contribution < 1.29 is 9.18 Å². The Bertz CT molecular complexity index is 1040. The van der Waals surface area contributed by atoms with E-state index in [-0.39, 0.29) is 24.3 Å². The molecule has 5 nitrogen and oxygen atoms in total. The molecule has 2 aliphatic rings. The van der Waals surface area contributed by atoms with Crippen molar-refractivity contribution in [2.75, 3.05) is 6.54 Å². The van der Waals surface area contributed by atoms with Crippen molar-refractivity contribution in [1.82, 2.24) is 20.1 Å². The van der Waals surface area contributed by atoms with Crippen molar-refractivity contribution in [3.8, 4) is 10.4 Å². The highest BCUT2D eigenvalue weighted by Gasteiger charge is 2.52. The van der Waals surface area contributed by atoms with E-state index in [1.54, 1.807) is 24.5 Å². The summed E-state index contributed by atoms with van der Waals surface area (Å²) in [6.07, 6.45) is 7.55. The number of hydrogen-bond acceptors (Lipinski definition) is 4. The summed E-state index contributed by atoms with van der Waals surface area (Å²) in [5, 5.41) is 8.99. The highest BCUT2D eigenvalue weighted by Crippen LogP contribution is 2.51. The van der Waals surface area contributed by atoms with Crippen LogP contribution in [-0.2, 0) is 5.67 Å². The Labute approximate surface area is 176 Å². The fourth-order valence-electron chi connectivity index (χ4n) is 4.79. The number of amides is 1. The van der Waals surface area contributed by atoms with Gasteiger partial charge in [0.05, 0.1) is 22.5 Å². The van der Waals surface area contributed by atoms with Gasteiger partial charge in [-0.05, 0) is 43.4 Å². The van der Waals surface area contributed by atoms with E-state index in [4.69, 9.17) is 11.6 Å². The molecule has 5 rings (SSSR count). The highest BCUT2D eigenvalue weighted by molar-refractivity contribution is 7.13. The minimum atomic E-state index is -1.59. The van der Waals surface area contributed by atoms with Crippen LogP contribution in [0.15, 0.2) is 42.2 Å². The van der Waals surface area contributed by atoms with Gasteiger partial charge in [0.1, 0.15) is 0 Å². The number of likely N-dealkylation sites (tertiary alicyclic amines) is 1. The summed E-state index contributed by atoms with van der Waals surface area (Å²) in [5.74, 6) is 0.102. The molecule has 3 atom stereocenters. The van der Waals surface area contributed by atoms with Gasteiger partial charge >= 0.3 is 0 Å². The first-order valence-corrected chi connectivity index (χ1v) is 11.0. The minimum Gasteiger partial charge on any atom is -0.335 e. The number of nitrogens with zero attached hydrogens (tertiary/aromatic N) is 3. The molecule has 3 unspecified atom stereocenters. The molecule has 1 N–H and O–H groups in total. The Morgan fingerprint density at radius 3 is 3.10 bits per heavy atom. The number of fused-ring (bicyclic) bond motifs is 1. The van der Waals surface area contributed by atoms with Crippen LogP contribution >= 0.6 is 22.9 Å². The molecule has 29 heavy (non-hydrogen) atoms. The SMILES string of the molecule is O=C(c1csc(-c2cn[nH]c2)c1)N1CCCC2CC(F)(c3ncccc3Cl)CC21. The third-order valence-electron chi connectivity index (χ3n) is 6.11. The number of carbonyl (C=O) groups is 1. The molecule has 3 aromatic heterocycles. The van der Waals surface area contributed by atoms with Gasteiger partial charge in [-0.25, -0.2) is 4.39 Å². The molecule has 1 aliphatic heterocycles. The Kier molecular flexibility index (Phi) is 4.67. The van der Waals surface area contributed by atoms with Crippen LogP contribution < -0.4 is 0 Å². The Morgan fingerprint density at radius 2 is 2.31 bits per heavy atom. The van der Waals surface area contributed by atoms with E-state index in [1.807, 2.05) is 22.5 Å². The molecule has 1 aliphatic carbocycles. The molecule has 2 fully saturated rings. The van der Waals surface area contributed by atoms with Crippen LogP contribution in [0.25, 0.3) is 10.4 Å². The topological polar surface area (TPSA) is 61.9 Å². The lowest BCUT2D eigenvalue weighted by molar-refractivity contribution is 0.0539.